The van der Waals surface area contributed by atoms with Crippen molar-refractivity contribution in [2.75, 3.05) is 0 Å². The second-order valence-corrected chi connectivity index (χ2v) is 9.24. The zero-order valence-corrected chi connectivity index (χ0v) is 15.8. The molecule has 0 N–H and O–H groups in total. The van der Waals surface area contributed by atoms with Crippen LogP contribution in [0.5, 0.6) is 0 Å². The zero-order valence-electron chi connectivity index (χ0n) is 15.8. The molecule has 0 atom stereocenters. The molecule has 6 nitrogen and oxygen atoms in total. The highest BCUT2D eigenvalue weighted by Gasteiger charge is 2.38. The maximum Gasteiger partial charge on any atom is 0.168 e. The molecule has 2 aromatic rings. The lowest BCUT2D eigenvalue weighted by Gasteiger charge is -2.27. The van der Waals surface area contributed by atoms with Crippen molar-refractivity contribution in [3.8, 4) is 0 Å². The number of carbonyl (C=O) groups excluding carboxylic acids is 2. The van der Waals surface area contributed by atoms with Gasteiger partial charge >= 0.3 is 0 Å². The standard InChI is InChI=1S/C20H24N2O4/c1-19(2)7-11-17(13(23)9-19)15(25-21-11)5-6-16-18-12(22-26-16)8-20(3,4)10-14(18)24/h5-10H2,1-4H3. The number of Topliss-reactive ketones (excluding diaryl/α,β-unsaturated/α-hetero) is 2. The number of fused-ring (bicyclic) bond motifs is 2. The summed E-state index contributed by atoms with van der Waals surface area (Å²) in [5, 5.41) is 8.23. The van der Waals surface area contributed by atoms with Gasteiger partial charge in [-0.1, -0.05) is 38.0 Å². The number of hydrogen-bond acceptors (Lipinski definition) is 6. The van der Waals surface area contributed by atoms with Crippen molar-refractivity contribution < 1.29 is 18.6 Å². The Morgan fingerprint density at radius 2 is 1.12 bits per heavy atom. The average molecular weight is 356 g/mol. The normalized spacial score (nSPS) is 20.8. The molecule has 0 bridgehead atoms. The molecule has 26 heavy (non-hydrogen) atoms. The number of rotatable bonds is 3. The fraction of sp³-hybridized carbons (Fsp3) is 0.600. The van der Waals surface area contributed by atoms with Crippen LogP contribution in [0.4, 0.5) is 0 Å². The van der Waals surface area contributed by atoms with E-state index >= 15 is 0 Å². The number of ketones is 2. The lowest BCUT2D eigenvalue weighted by Crippen LogP contribution is -2.27. The first-order valence-electron chi connectivity index (χ1n) is 9.16. The van der Waals surface area contributed by atoms with Gasteiger partial charge in [-0.15, -0.1) is 0 Å². The lowest BCUT2D eigenvalue weighted by atomic mass is 9.75. The third kappa shape index (κ3) is 2.91. The molecule has 2 aliphatic carbocycles. The fourth-order valence-corrected chi connectivity index (χ4v) is 4.25. The summed E-state index contributed by atoms with van der Waals surface area (Å²) in [6.45, 7) is 8.26. The predicted molar refractivity (Wildman–Crippen MR) is 93.3 cm³/mol. The second kappa shape index (κ2) is 5.63. The third-order valence-corrected chi connectivity index (χ3v) is 5.37. The van der Waals surface area contributed by atoms with Crippen molar-refractivity contribution in [1.82, 2.24) is 10.3 Å². The number of carbonyl (C=O) groups is 2. The quantitative estimate of drug-likeness (QED) is 0.832. The third-order valence-electron chi connectivity index (χ3n) is 5.37. The molecule has 0 aromatic carbocycles. The van der Waals surface area contributed by atoms with E-state index in [4.69, 9.17) is 9.05 Å². The first kappa shape index (κ1) is 17.2. The number of aryl methyl sites for hydroxylation is 2. The lowest BCUT2D eigenvalue weighted by molar-refractivity contribution is 0.0900. The number of hydrogen-bond donors (Lipinski definition) is 0. The fourth-order valence-electron chi connectivity index (χ4n) is 4.25. The minimum absolute atomic E-state index is 0.0819. The van der Waals surface area contributed by atoms with E-state index < -0.39 is 0 Å². The van der Waals surface area contributed by atoms with E-state index in [0.29, 0.717) is 48.3 Å². The van der Waals surface area contributed by atoms with Gasteiger partial charge in [0, 0.05) is 25.7 Å². The van der Waals surface area contributed by atoms with Crippen molar-refractivity contribution >= 4 is 11.6 Å². The van der Waals surface area contributed by atoms with E-state index in [1.165, 1.54) is 0 Å². The van der Waals surface area contributed by atoms with Crippen molar-refractivity contribution in [3.05, 3.63) is 34.0 Å². The topological polar surface area (TPSA) is 86.2 Å². The molecule has 0 fully saturated rings. The highest BCUT2D eigenvalue weighted by molar-refractivity contribution is 6.00. The van der Waals surface area contributed by atoms with Crippen molar-refractivity contribution in [2.24, 2.45) is 10.8 Å². The van der Waals surface area contributed by atoms with Crippen LogP contribution in [0.3, 0.4) is 0 Å². The van der Waals surface area contributed by atoms with Gasteiger partial charge in [0.05, 0.1) is 22.5 Å². The van der Waals surface area contributed by atoms with Gasteiger partial charge in [-0.3, -0.25) is 9.59 Å². The minimum Gasteiger partial charge on any atom is -0.360 e. The van der Waals surface area contributed by atoms with Crippen LogP contribution >= 0.6 is 0 Å². The Morgan fingerprint density at radius 1 is 0.731 bits per heavy atom. The van der Waals surface area contributed by atoms with E-state index in [1.54, 1.807) is 0 Å². The molecule has 0 aliphatic heterocycles. The average Bonchev–Trinajstić information content (AvgIpc) is 3.06. The maximum atomic E-state index is 12.5. The molecule has 2 heterocycles. The monoisotopic (exact) mass is 356 g/mol. The summed E-state index contributed by atoms with van der Waals surface area (Å²) in [5.74, 6) is 1.36. The molecular weight excluding hydrogens is 332 g/mol. The molecule has 0 spiro atoms. The van der Waals surface area contributed by atoms with Crippen LogP contribution < -0.4 is 0 Å². The Kier molecular flexibility index (Phi) is 3.72. The molecule has 6 heteroatoms. The Bertz CT molecular complexity index is 827. The van der Waals surface area contributed by atoms with Crippen LogP contribution in [0, 0.1) is 10.8 Å². The van der Waals surface area contributed by atoms with E-state index in [2.05, 4.69) is 38.0 Å². The van der Waals surface area contributed by atoms with Gasteiger partial charge < -0.3 is 9.05 Å². The van der Waals surface area contributed by atoms with Gasteiger partial charge in [-0.25, -0.2) is 0 Å². The Labute approximate surface area is 152 Å². The van der Waals surface area contributed by atoms with E-state index in [9.17, 15) is 9.59 Å². The van der Waals surface area contributed by atoms with Crippen LogP contribution in [0.1, 0.15) is 84.2 Å². The summed E-state index contributed by atoms with van der Waals surface area (Å²) in [6.07, 6.45) is 3.43. The molecule has 0 saturated carbocycles. The van der Waals surface area contributed by atoms with Crippen molar-refractivity contribution in [3.63, 3.8) is 0 Å². The summed E-state index contributed by atoms with van der Waals surface area (Å²) < 4.78 is 10.9. The molecule has 0 radical (unpaired) electrons. The summed E-state index contributed by atoms with van der Waals surface area (Å²) >= 11 is 0. The number of nitrogens with zero attached hydrogens (tertiary/aromatic N) is 2. The van der Waals surface area contributed by atoms with Crippen LogP contribution in [-0.2, 0) is 25.7 Å². The van der Waals surface area contributed by atoms with Gasteiger partial charge in [0.15, 0.2) is 11.6 Å². The number of aromatic nitrogens is 2. The second-order valence-electron chi connectivity index (χ2n) is 9.24. The van der Waals surface area contributed by atoms with Gasteiger partial charge in [0.2, 0.25) is 0 Å². The van der Waals surface area contributed by atoms with Gasteiger partial charge in [0.25, 0.3) is 0 Å². The van der Waals surface area contributed by atoms with E-state index in [-0.39, 0.29) is 22.4 Å². The van der Waals surface area contributed by atoms with E-state index in [0.717, 1.165) is 24.2 Å². The van der Waals surface area contributed by atoms with Crippen LogP contribution in [0.25, 0.3) is 0 Å². The van der Waals surface area contributed by atoms with E-state index in [1.807, 2.05) is 0 Å². The summed E-state index contributed by atoms with van der Waals surface area (Å²) in [5.41, 5.74) is 2.59. The maximum absolute atomic E-state index is 12.5. The van der Waals surface area contributed by atoms with Crippen LogP contribution in [0.15, 0.2) is 9.05 Å². The Morgan fingerprint density at radius 3 is 1.50 bits per heavy atom. The highest BCUT2D eigenvalue weighted by atomic mass is 16.5. The van der Waals surface area contributed by atoms with Crippen molar-refractivity contribution in [1.29, 1.82) is 0 Å². The molecule has 2 aliphatic rings. The molecule has 0 unspecified atom stereocenters. The SMILES string of the molecule is CC1(C)CC(=O)c2c(noc2CCc2onc3c2C(=O)CC(C)(C)C3)C1. The first-order valence-corrected chi connectivity index (χ1v) is 9.16. The zero-order chi connectivity index (χ0) is 18.7. The molecule has 0 saturated heterocycles. The summed E-state index contributed by atoms with van der Waals surface area (Å²) in [7, 11) is 0. The highest BCUT2D eigenvalue weighted by Crippen LogP contribution is 2.38. The van der Waals surface area contributed by atoms with Crippen LogP contribution in [0.2, 0.25) is 0 Å². The Hall–Kier alpha value is -2.24. The molecule has 2 aromatic heterocycles. The minimum atomic E-state index is -0.0819. The molecule has 138 valence electrons. The molecule has 4 rings (SSSR count). The molecular formula is C20H24N2O4. The largest absolute Gasteiger partial charge is 0.360 e. The smallest absolute Gasteiger partial charge is 0.168 e. The molecule has 0 amide bonds. The van der Waals surface area contributed by atoms with Gasteiger partial charge in [0.1, 0.15) is 11.5 Å². The van der Waals surface area contributed by atoms with Crippen molar-refractivity contribution in [2.45, 2.75) is 66.2 Å². The van der Waals surface area contributed by atoms with Crippen LogP contribution in [-0.4, -0.2) is 21.9 Å². The summed E-state index contributed by atoms with van der Waals surface area (Å²) in [6, 6.07) is 0. The van der Waals surface area contributed by atoms with Gasteiger partial charge in [-0.2, -0.15) is 0 Å². The summed E-state index contributed by atoms with van der Waals surface area (Å²) in [4.78, 5) is 25.0. The van der Waals surface area contributed by atoms with Gasteiger partial charge in [-0.05, 0) is 23.7 Å². The predicted octanol–water partition coefficient (Wildman–Crippen LogP) is 3.76. The first-order chi connectivity index (χ1) is 12.2. The Balaban J connectivity index is 1.56.